The fourth-order valence-corrected chi connectivity index (χ4v) is 1.65. The maximum absolute atomic E-state index is 11.2. The van der Waals surface area contributed by atoms with E-state index in [1.165, 1.54) is 0 Å². The quantitative estimate of drug-likeness (QED) is 0.690. The van der Waals surface area contributed by atoms with Crippen LogP contribution in [0.4, 0.5) is 0 Å². The van der Waals surface area contributed by atoms with Gasteiger partial charge in [-0.1, -0.05) is 0 Å². The summed E-state index contributed by atoms with van der Waals surface area (Å²) in [5.74, 6) is -0.322. The maximum atomic E-state index is 11.2. The lowest BCUT2D eigenvalue weighted by molar-refractivity contribution is -0.149. The van der Waals surface area contributed by atoms with Crippen LogP contribution in [0, 0.1) is 0 Å². The number of rotatable bonds is 3. The van der Waals surface area contributed by atoms with Gasteiger partial charge in [0.15, 0.2) is 0 Å². The minimum atomic E-state index is -0.914. The Labute approximate surface area is 84.2 Å². The van der Waals surface area contributed by atoms with Crippen LogP contribution < -0.4 is 0 Å². The van der Waals surface area contributed by atoms with Crippen LogP contribution in [0.25, 0.3) is 0 Å². The first-order valence-electron chi connectivity index (χ1n) is 5.12. The SMILES string of the molecule is CCOC(=O)CC1(O)CCCOCC1. The average molecular weight is 202 g/mol. The van der Waals surface area contributed by atoms with Gasteiger partial charge >= 0.3 is 5.97 Å². The highest BCUT2D eigenvalue weighted by Gasteiger charge is 2.31. The number of hydrogen-bond acceptors (Lipinski definition) is 4. The van der Waals surface area contributed by atoms with Gasteiger partial charge in [-0.25, -0.2) is 0 Å². The van der Waals surface area contributed by atoms with Crippen molar-refractivity contribution in [2.24, 2.45) is 0 Å². The van der Waals surface area contributed by atoms with Crippen LogP contribution in [-0.2, 0) is 14.3 Å². The molecule has 1 fully saturated rings. The molecule has 0 spiro atoms. The lowest BCUT2D eigenvalue weighted by Gasteiger charge is -2.24. The van der Waals surface area contributed by atoms with Gasteiger partial charge in [0, 0.05) is 19.6 Å². The molecule has 1 saturated heterocycles. The van der Waals surface area contributed by atoms with Gasteiger partial charge in [0.2, 0.25) is 0 Å². The normalized spacial score (nSPS) is 28.1. The van der Waals surface area contributed by atoms with E-state index in [2.05, 4.69) is 0 Å². The molecule has 1 N–H and O–H groups in total. The highest BCUT2D eigenvalue weighted by atomic mass is 16.5. The molecule has 0 aromatic carbocycles. The third kappa shape index (κ3) is 3.64. The summed E-state index contributed by atoms with van der Waals surface area (Å²) >= 11 is 0. The van der Waals surface area contributed by atoms with Crippen LogP contribution in [0.2, 0.25) is 0 Å². The molecule has 0 aliphatic carbocycles. The Balaban J connectivity index is 2.41. The lowest BCUT2D eigenvalue weighted by atomic mass is 9.91. The highest BCUT2D eigenvalue weighted by molar-refractivity contribution is 5.70. The summed E-state index contributed by atoms with van der Waals surface area (Å²) < 4.78 is 10.0. The molecule has 1 unspecified atom stereocenters. The predicted octanol–water partition coefficient (Wildman–Crippen LogP) is 0.871. The third-order valence-corrected chi connectivity index (χ3v) is 2.42. The van der Waals surface area contributed by atoms with Crippen LogP contribution >= 0.6 is 0 Å². The van der Waals surface area contributed by atoms with Crippen molar-refractivity contribution in [3.63, 3.8) is 0 Å². The first-order chi connectivity index (χ1) is 6.66. The number of aliphatic hydroxyl groups is 1. The van der Waals surface area contributed by atoms with Crippen LogP contribution in [-0.4, -0.2) is 36.5 Å². The van der Waals surface area contributed by atoms with Gasteiger partial charge in [0.05, 0.1) is 18.6 Å². The third-order valence-electron chi connectivity index (χ3n) is 2.42. The average Bonchev–Trinajstić information content (AvgIpc) is 2.30. The van der Waals surface area contributed by atoms with Crippen LogP contribution in [0.1, 0.15) is 32.6 Å². The molecule has 1 aliphatic heterocycles. The van der Waals surface area contributed by atoms with E-state index in [1.807, 2.05) is 0 Å². The minimum Gasteiger partial charge on any atom is -0.466 e. The zero-order chi connectivity index (χ0) is 10.4. The van der Waals surface area contributed by atoms with E-state index in [0.29, 0.717) is 32.7 Å². The fourth-order valence-electron chi connectivity index (χ4n) is 1.65. The Kier molecular flexibility index (Phi) is 4.35. The second-order valence-corrected chi connectivity index (χ2v) is 3.67. The van der Waals surface area contributed by atoms with Crippen molar-refractivity contribution in [1.82, 2.24) is 0 Å². The number of carbonyl (C=O) groups excluding carboxylic acids is 1. The molecular weight excluding hydrogens is 184 g/mol. The molecular formula is C10H18O4. The zero-order valence-corrected chi connectivity index (χ0v) is 8.62. The monoisotopic (exact) mass is 202 g/mol. The smallest absolute Gasteiger partial charge is 0.308 e. The van der Waals surface area contributed by atoms with E-state index >= 15 is 0 Å². The van der Waals surface area contributed by atoms with Crippen molar-refractivity contribution in [3.8, 4) is 0 Å². The second kappa shape index (κ2) is 5.32. The molecule has 0 radical (unpaired) electrons. The van der Waals surface area contributed by atoms with Crippen molar-refractivity contribution in [1.29, 1.82) is 0 Å². The Morgan fingerprint density at radius 2 is 2.29 bits per heavy atom. The first-order valence-corrected chi connectivity index (χ1v) is 5.12. The lowest BCUT2D eigenvalue weighted by Crippen LogP contribution is -2.32. The van der Waals surface area contributed by atoms with Crippen molar-refractivity contribution in [2.45, 2.75) is 38.2 Å². The van der Waals surface area contributed by atoms with Crippen LogP contribution in [0.3, 0.4) is 0 Å². The number of hydrogen-bond donors (Lipinski definition) is 1. The highest BCUT2D eigenvalue weighted by Crippen LogP contribution is 2.25. The number of carbonyl (C=O) groups is 1. The van der Waals surface area contributed by atoms with E-state index in [9.17, 15) is 9.90 Å². The van der Waals surface area contributed by atoms with Gasteiger partial charge in [-0.05, 0) is 19.8 Å². The van der Waals surface area contributed by atoms with Gasteiger partial charge in [-0.2, -0.15) is 0 Å². The van der Waals surface area contributed by atoms with Crippen LogP contribution in [0.15, 0.2) is 0 Å². The van der Waals surface area contributed by atoms with E-state index in [0.717, 1.165) is 6.42 Å². The molecule has 0 aromatic heterocycles. The van der Waals surface area contributed by atoms with Crippen molar-refractivity contribution in [2.75, 3.05) is 19.8 Å². The topological polar surface area (TPSA) is 55.8 Å². The summed E-state index contributed by atoms with van der Waals surface area (Å²) in [6.07, 6.45) is 2.03. The molecule has 1 heterocycles. The molecule has 1 atom stereocenters. The molecule has 1 rings (SSSR count). The number of ether oxygens (including phenoxy) is 2. The van der Waals surface area contributed by atoms with E-state index in [-0.39, 0.29) is 12.4 Å². The van der Waals surface area contributed by atoms with Gasteiger partial charge in [-0.3, -0.25) is 4.79 Å². The predicted molar refractivity (Wildman–Crippen MR) is 50.9 cm³/mol. The van der Waals surface area contributed by atoms with E-state index in [1.54, 1.807) is 6.92 Å². The summed E-state index contributed by atoms with van der Waals surface area (Å²) in [6.45, 7) is 3.32. The Hall–Kier alpha value is -0.610. The zero-order valence-electron chi connectivity index (χ0n) is 8.62. The van der Waals surface area contributed by atoms with Gasteiger partial charge in [-0.15, -0.1) is 0 Å². The Bertz CT molecular complexity index is 183. The van der Waals surface area contributed by atoms with Crippen LogP contribution in [0.5, 0.6) is 0 Å². The summed E-state index contributed by atoms with van der Waals surface area (Å²) in [6, 6.07) is 0. The summed E-state index contributed by atoms with van der Waals surface area (Å²) in [7, 11) is 0. The summed E-state index contributed by atoms with van der Waals surface area (Å²) in [5.41, 5.74) is -0.914. The molecule has 4 heteroatoms. The Morgan fingerprint density at radius 1 is 1.50 bits per heavy atom. The minimum absolute atomic E-state index is 0.0875. The fraction of sp³-hybridized carbons (Fsp3) is 0.900. The van der Waals surface area contributed by atoms with Gasteiger partial charge < -0.3 is 14.6 Å². The molecule has 4 nitrogen and oxygen atoms in total. The molecule has 0 saturated carbocycles. The summed E-state index contributed by atoms with van der Waals surface area (Å²) in [4.78, 5) is 11.2. The standard InChI is InChI=1S/C10H18O4/c1-2-14-9(11)8-10(12)4-3-6-13-7-5-10/h12H,2-8H2,1H3. The molecule has 0 bridgehead atoms. The summed E-state index contributed by atoms with van der Waals surface area (Å²) in [5, 5.41) is 10.1. The molecule has 82 valence electrons. The van der Waals surface area contributed by atoms with E-state index in [4.69, 9.17) is 9.47 Å². The van der Waals surface area contributed by atoms with Crippen molar-refractivity contribution < 1.29 is 19.4 Å². The van der Waals surface area contributed by atoms with Crippen molar-refractivity contribution in [3.05, 3.63) is 0 Å². The van der Waals surface area contributed by atoms with Crippen molar-refractivity contribution >= 4 is 5.97 Å². The molecule has 14 heavy (non-hydrogen) atoms. The molecule has 0 aromatic rings. The molecule has 0 amide bonds. The number of esters is 1. The van der Waals surface area contributed by atoms with Gasteiger partial charge in [0.25, 0.3) is 0 Å². The Morgan fingerprint density at radius 3 is 3.00 bits per heavy atom. The largest absolute Gasteiger partial charge is 0.466 e. The van der Waals surface area contributed by atoms with E-state index < -0.39 is 5.60 Å². The molecule has 1 aliphatic rings. The maximum Gasteiger partial charge on any atom is 0.308 e. The van der Waals surface area contributed by atoms with Gasteiger partial charge in [0.1, 0.15) is 0 Å². The first kappa shape index (κ1) is 11.5. The second-order valence-electron chi connectivity index (χ2n) is 3.67.